The van der Waals surface area contributed by atoms with Gasteiger partial charge in [-0.3, -0.25) is 0 Å². The minimum atomic E-state index is 0.272. The molecule has 2 aromatic rings. The predicted molar refractivity (Wildman–Crippen MR) is 74.4 cm³/mol. The second kappa shape index (κ2) is 5.73. The third kappa shape index (κ3) is 3.24. The van der Waals surface area contributed by atoms with Crippen LogP contribution in [-0.4, -0.2) is 0 Å². The molecule has 0 aliphatic carbocycles. The lowest BCUT2D eigenvalue weighted by Gasteiger charge is -2.05. The summed E-state index contributed by atoms with van der Waals surface area (Å²) >= 11 is 3.56. The van der Waals surface area contributed by atoms with Gasteiger partial charge in [-0.1, -0.05) is 52.3 Å². The molecule has 0 amide bonds. The van der Waals surface area contributed by atoms with E-state index in [-0.39, 0.29) is 4.83 Å². The molecular weight excluding hydrogens is 276 g/mol. The average Bonchev–Trinajstić information content (AvgIpc) is 2.38. The van der Waals surface area contributed by atoms with Gasteiger partial charge in [0.05, 0.1) is 11.4 Å². The summed E-state index contributed by atoms with van der Waals surface area (Å²) in [6.45, 7) is 2.08. The van der Waals surface area contributed by atoms with Crippen LogP contribution in [-0.2, 0) is 0 Å². The highest BCUT2D eigenvalue weighted by Gasteiger charge is 2.05. The van der Waals surface area contributed by atoms with Gasteiger partial charge in [-0.25, -0.2) is 0 Å². The van der Waals surface area contributed by atoms with Gasteiger partial charge < -0.3 is 0 Å². The molecule has 0 saturated carbocycles. The van der Waals surface area contributed by atoms with Crippen LogP contribution in [0.2, 0.25) is 0 Å². The number of alkyl halides is 1. The molecule has 0 saturated heterocycles. The second-order valence-electron chi connectivity index (χ2n) is 3.71. The summed E-state index contributed by atoms with van der Waals surface area (Å²) in [5.41, 5.74) is 2.91. The second-order valence-corrected chi connectivity index (χ2v) is 5.08. The van der Waals surface area contributed by atoms with Gasteiger partial charge in [-0.2, -0.15) is 10.2 Å². The summed E-state index contributed by atoms with van der Waals surface area (Å²) in [7, 11) is 0. The molecule has 0 fully saturated rings. The van der Waals surface area contributed by atoms with Crippen LogP contribution in [0.5, 0.6) is 0 Å². The average molecular weight is 289 g/mol. The Morgan fingerprint density at radius 2 is 1.53 bits per heavy atom. The fourth-order valence-electron chi connectivity index (χ4n) is 1.52. The quantitative estimate of drug-likeness (QED) is 0.522. The number of halogens is 1. The normalized spacial score (nSPS) is 12.8. The van der Waals surface area contributed by atoms with E-state index in [1.165, 1.54) is 0 Å². The zero-order valence-electron chi connectivity index (χ0n) is 9.55. The Kier molecular flexibility index (Phi) is 4.04. The Labute approximate surface area is 110 Å². The third-order valence-electron chi connectivity index (χ3n) is 2.39. The molecule has 0 bridgehead atoms. The fourth-order valence-corrected chi connectivity index (χ4v) is 1.91. The van der Waals surface area contributed by atoms with Crippen molar-refractivity contribution in [2.45, 2.75) is 11.8 Å². The highest BCUT2D eigenvalue weighted by Crippen LogP contribution is 2.31. The number of azo groups is 1. The van der Waals surface area contributed by atoms with Crippen LogP contribution in [0.4, 0.5) is 11.4 Å². The topological polar surface area (TPSA) is 24.7 Å². The Hall–Kier alpha value is -1.48. The molecule has 2 nitrogen and oxygen atoms in total. The summed E-state index contributed by atoms with van der Waals surface area (Å²) in [6.07, 6.45) is 0. The van der Waals surface area contributed by atoms with E-state index in [1.807, 2.05) is 48.5 Å². The Bertz CT molecular complexity index is 507. The molecule has 1 atom stereocenters. The lowest BCUT2D eigenvalue weighted by atomic mass is 10.1. The van der Waals surface area contributed by atoms with E-state index in [2.05, 4.69) is 39.1 Å². The van der Waals surface area contributed by atoms with Crippen molar-refractivity contribution in [2.75, 3.05) is 0 Å². The van der Waals surface area contributed by atoms with Crippen molar-refractivity contribution in [3.05, 3.63) is 60.2 Å². The van der Waals surface area contributed by atoms with Crippen molar-refractivity contribution in [3.63, 3.8) is 0 Å². The molecular formula is C14H13BrN2. The standard InChI is InChI=1S/C14H13BrN2/c1-11(15)13-9-5-6-10-14(13)17-16-12-7-3-2-4-8-12/h2-11H,1H3. The lowest BCUT2D eigenvalue weighted by molar-refractivity contribution is 1.09. The number of rotatable bonds is 3. The van der Waals surface area contributed by atoms with Crippen LogP contribution >= 0.6 is 15.9 Å². The van der Waals surface area contributed by atoms with Gasteiger partial charge in [0.1, 0.15) is 0 Å². The first-order valence-corrected chi connectivity index (χ1v) is 6.39. The van der Waals surface area contributed by atoms with Gasteiger partial charge in [0.15, 0.2) is 0 Å². The predicted octanol–water partition coefficient (Wildman–Crippen LogP) is 5.56. The largest absolute Gasteiger partial charge is 0.151 e. The van der Waals surface area contributed by atoms with E-state index in [9.17, 15) is 0 Å². The summed E-state index contributed by atoms with van der Waals surface area (Å²) < 4.78 is 0. The van der Waals surface area contributed by atoms with E-state index in [0.29, 0.717) is 0 Å². The van der Waals surface area contributed by atoms with E-state index < -0.39 is 0 Å². The van der Waals surface area contributed by atoms with Crippen molar-refractivity contribution >= 4 is 27.3 Å². The monoisotopic (exact) mass is 288 g/mol. The van der Waals surface area contributed by atoms with Gasteiger partial charge >= 0.3 is 0 Å². The van der Waals surface area contributed by atoms with Crippen LogP contribution in [0.25, 0.3) is 0 Å². The highest BCUT2D eigenvalue weighted by atomic mass is 79.9. The maximum Gasteiger partial charge on any atom is 0.0900 e. The van der Waals surface area contributed by atoms with Gasteiger partial charge in [-0.05, 0) is 30.7 Å². The molecule has 0 heterocycles. The van der Waals surface area contributed by atoms with Gasteiger partial charge in [-0.15, -0.1) is 0 Å². The van der Waals surface area contributed by atoms with E-state index >= 15 is 0 Å². The van der Waals surface area contributed by atoms with Gasteiger partial charge in [0.2, 0.25) is 0 Å². The number of hydrogen-bond donors (Lipinski definition) is 0. The van der Waals surface area contributed by atoms with E-state index in [1.54, 1.807) is 0 Å². The molecule has 0 N–H and O–H groups in total. The zero-order valence-corrected chi connectivity index (χ0v) is 11.1. The molecule has 0 spiro atoms. The van der Waals surface area contributed by atoms with Crippen LogP contribution in [0.15, 0.2) is 64.8 Å². The molecule has 0 aliphatic heterocycles. The first kappa shape index (κ1) is 12.0. The fraction of sp³-hybridized carbons (Fsp3) is 0.143. The summed E-state index contributed by atoms with van der Waals surface area (Å²) in [5.74, 6) is 0. The van der Waals surface area contributed by atoms with Crippen molar-refractivity contribution in [1.29, 1.82) is 0 Å². The minimum Gasteiger partial charge on any atom is -0.151 e. The SMILES string of the molecule is CC(Br)c1ccccc1N=Nc1ccccc1. The number of nitrogens with zero attached hydrogens (tertiary/aromatic N) is 2. The summed E-state index contributed by atoms with van der Waals surface area (Å²) in [6, 6.07) is 17.7. The van der Waals surface area contributed by atoms with Gasteiger partial charge in [0, 0.05) is 4.83 Å². The Morgan fingerprint density at radius 3 is 2.24 bits per heavy atom. The molecule has 3 heteroatoms. The zero-order chi connectivity index (χ0) is 12.1. The molecule has 2 rings (SSSR count). The molecule has 86 valence electrons. The summed E-state index contributed by atoms with van der Waals surface area (Å²) in [5, 5.41) is 8.52. The van der Waals surface area contributed by atoms with Crippen LogP contribution in [0, 0.1) is 0 Å². The minimum absolute atomic E-state index is 0.272. The number of benzene rings is 2. The molecule has 2 aromatic carbocycles. The molecule has 0 aliphatic rings. The molecule has 0 aromatic heterocycles. The Balaban J connectivity index is 2.27. The third-order valence-corrected chi connectivity index (χ3v) is 2.89. The molecule has 0 radical (unpaired) electrons. The first-order chi connectivity index (χ1) is 8.27. The maximum absolute atomic E-state index is 4.29. The highest BCUT2D eigenvalue weighted by molar-refractivity contribution is 9.09. The lowest BCUT2D eigenvalue weighted by Crippen LogP contribution is -1.83. The smallest absolute Gasteiger partial charge is 0.0900 e. The van der Waals surface area contributed by atoms with Crippen molar-refractivity contribution < 1.29 is 0 Å². The Morgan fingerprint density at radius 1 is 0.882 bits per heavy atom. The van der Waals surface area contributed by atoms with Crippen LogP contribution in [0.1, 0.15) is 17.3 Å². The first-order valence-electron chi connectivity index (χ1n) is 5.47. The summed E-state index contributed by atoms with van der Waals surface area (Å²) in [4.78, 5) is 0.272. The molecule has 17 heavy (non-hydrogen) atoms. The number of hydrogen-bond acceptors (Lipinski definition) is 2. The van der Waals surface area contributed by atoms with Crippen molar-refractivity contribution in [1.82, 2.24) is 0 Å². The van der Waals surface area contributed by atoms with Crippen molar-refractivity contribution in [2.24, 2.45) is 10.2 Å². The molecule has 1 unspecified atom stereocenters. The van der Waals surface area contributed by atoms with Gasteiger partial charge in [0.25, 0.3) is 0 Å². The van der Waals surface area contributed by atoms with Crippen LogP contribution in [0.3, 0.4) is 0 Å². The van der Waals surface area contributed by atoms with E-state index in [4.69, 9.17) is 0 Å². The van der Waals surface area contributed by atoms with Crippen LogP contribution < -0.4 is 0 Å². The van der Waals surface area contributed by atoms with Crippen molar-refractivity contribution in [3.8, 4) is 0 Å². The van der Waals surface area contributed by atoms with E-state index in [0.717, 1.165) is 16.9 Å². The maximum atomic E-state index is 4.29.